The largest absolute Gasteiger partial charge is 0.351 e. The lowest BCUT2D eigenvalue weighted by molar-refractivity contribution is -0.122. The normalized spacial score (nSPS) is 12.2. The van der Waals surface area contributed by atoms with Crippen LogP contribution in [0.15, 0.2) is 54.6 Å². The second-order valence-electron chi connectivity index (χ2n) is 6.52. The number of nitrogens with zero attached hydrogens (tertiary/aromatic N) is 1. The predicted octanol–water partition coefficient (Wildman–Crippen LogP) is 3.95. The maximum absolute atomic E-state index is 12.6. The fraction of sp³-hybridized carbons (Fsp3) is 0.381. The molecular weight excluding hydrogens is 296 g/mol. The summed E-state index contributed by atoms with van der Waals surface area (Å²) in [5, 5.41) is 3.09. The summed E-state index contributed by atoms with van der Waals surface area (Å²) in [5.74, 6) is 0.0460. The van der Waals surface area contributed by atoms with Crippen molar-refractivity contribution in [2.45, 2.75) is 38.8 Å². The Kier molecular flexibility index (Phi) is 7.01. The van der Waals surface area contributed by atoms with Crippen LogP contribution < -0.4 is 5.32 Å². The average molecular weight is 324 g/mol. The van der Waals surface area contributed by atoms with Gasteiger partial charge in [-0.3, -0.25) is 4.79 Å². The Labute approximate surface area is 145 Å². The van der Waals surface area contributed by atoms with E-state index in [-0.39, 0.29) is 11.8 Å². The van der Waals surface area contributed by atoms with Gasteiger partial charge in [-0.2, -0.15) is 0 Å². The van der Waals surface area contributed by atoms with Gasteiger partial charge in [0.15, 0.2) is 0 Å². The van der Waals surface area contributed by atoms with Gasteiger partial charge < -0.3 is 10.2 Å². The molecule has 3 nitrogen and oxygen atoms in total. The number of carbonyl (C=O) groups is 1. The third-order valence-electron chi connectivity index (χ3n) is 4.08. The summed E-state index contributed by atoms with van der Waals surface area (Å²) in [7, 11) is 4.12. The van der Waals surface area contributed by atoms with E-state index in [4.69, 9.17) is 0 Å². The van der Waals surface area contributed by atoms with Gasteiger partial charge in [-0.15, -0.1) is 0 Å². The van der Waals surface area contributed by atoms with Crippen molar-refractivity contribution in [3.05, 3.63) is 71.3 Å². The van der Waals surface area contributed by atoms with Crippen molar-refractivity contribution in [2.24, 2.45) is 0 Å². The zero-order valence-electron chi connectivity index (χ0n) is 15.0. The molecule has 0 saturated carbocycles. The van der Waals surface area contributed by atoms with Crippen LogP contribution in [0.4, 0.5) is 0 Å². The molecular formula is C21H28N2O. The Morgan fingerprint density at radius 2 is 1.62 bits per heavy atom. The third kappa shape index (κ3) is 5.50. The lowest BCUT2D eigenvalue weighted by Crippen LogP contribution is -2.29. The van der Waals surface area contributed by atoms with E-state index in [1.165, 1.54) is 5.56 Å². The number of amides is 1. The molecule has 1 N–H and O–H groups in total. The summed E-state index contributed by atoms with van der Waals surface area (Å²) < 4.78 is 0. The van der Waals surface area contributed by atoms with E-state index in [1.807, 2.05) is 30.3 Å². The Balaban J connectivity index is 1.95. The molecule has 2 rings (SSSR count). The molecule has 24 heavy (non-hydrogen) atoms. The molecule has 0 saturated heterocycles. The number of rotatable bonds is 8. The fourth-order valence-corrected chi connectivity index (χ4v) is 2.86. The molecule has 1 unspecified atom stereocenters. The minimum atomic E-state index is -0.0655. The number of hydrogen-bond donors (Lipinski definition) is 1. The summed E-state index contributed by atoms with van der Waals surface area (Å²) in [6.45, 7) is 3.63. The maximum atomic E-state index is 12.6. The van der Waals surface area contributed by atoms with Gasteiger partial charge in [-0.25, -0.2) is 0 Å². The molecule has 0 aromatic heterocycles. The van der Waals surface area contributed by atoms with E-state index in [2.05, 4.69) is 55.5 Å². The van der Waals surface area contributed by atoms with Crippen molar-refractivity contribution in [1.82, 2.24) is 10.2 Å². The van der Waals surface area contributed by atoms with Crippen LogP contribution in [0.25, 0.3) is 0 Å². The second-order valence-corrected chi connectivity index (χ2v) is 6.52. The van der Waals surface area contributed by atoms with Gasteiger partial charge in [0, 0.05) is 13.1 Å². The summed E-state index contributed by atoms with van der Waals surface area (Å²) in [6.07, 6.45) is 1.86. The fourth-order valence-electron chi connectivity index (χ4n) is 2.86. The van der Waals surface area contributed by atoms with E-state index in [9.17, 15) is 4.79 Å². The molecule has 2 aromatic carbocycles. The van der Waals surface area contributed by atoms with Crippen molar-refractivity contribution in [3.8, 4) is 0 Å². The first-order chi connectivity index (χ1) is 11.6. The highest BCUT2D eigenvalue weighted by Crippen LogP contribution is 2.21. The Hall–Kier alpha value is -2.13. The summed E-state index contributed by atoms with van der Waals surface area (Å²) in [4.78, 5) is 14.7. The molecule has 0 heterocycles. The van der Waals surface area contributed by atoms with Crippen LogP contribution in [0.5, 0.6) is 0 Å². The highest BCUT2D eigenvalue weighted by molar-refractivity contribution is 5.83. The van der Waals surface area contributed by atoms with Gasteiger partial charge in [0.1, 0.15) is 0 Å². The van der Waals surface area contributed by atoms with Gasteiger partial charge in [0.05, 0.1) is 5.92 Å². The van der Waals surface area contributed by atoms with Crippen LogP contribution >= 0.6 is 0 Å². The molecule has 0 aliphatic rings. The molecule has 0 aliphatic heterocycles. The molecule has 128 valence electrons. The number of carbonyl (C=O) groups excluding carboxylic acids is 1. The van der Waals surface area contributed by atoms with Crippen molar-refractivity contribution in [1.29, 1.82) is 0 Å². The number of hydrogen-bond acceptors (Lipinski definition) is 2. The standard InChI is InChI=1S/C21H28N2O/c1-4-8-20(19-9-6-5-7-10-19)21(24)22-15-17-11-13-18(14-12-17)16-23(2)3/h5-7,9-14,20H,4,8,15-16H2,1-3H3,(H,22,24). The predicted molar refractivity (Wildman–Crippen MR) is 99.8 cm³/mol. The average Bonchev–Trinajstić information content (AvgIpc) is 2.59. The highest BCUT2D eigenvalue weighted by atomic mass is 16.1. The van der Waals surface area contributed by atoms with Gasteiger partial charge in [-0.1, -0.05) is 67.9 Å². The minimum absolute atomic E-state index is 0.0655. The van der Waals surface area contributed by atoms with Gasteiger partial charge in [-0.05, 0) is 37.2 Å². The second kappa shape index (κ2) is 9.24. The first kappa shape index (κ1) is 18.2. The lowest BCUT2D eigenvalue weighted by atomic mass is 9.93. The SMILES string of the molecule is CCCC(C(=O)NCc1ccc(CN(C)C)cc1)c1ccccc1. The summed E-state index contributed by atoms with van der Waals surface area (Å²) in [5.41, 5.74) is 3.51. The van der Waals surface area contributed by atoms with Crippen molar-refractivity contribution >= 4 is 5.91 Å². The van der Waals surface area contributed by atoms with Crippen molar-refractivity contribution < 1.29 is 4.79 Å². The first-order valence-corrected chi connectivity index (χ1v) is 8.65. The van der Waals surface area contributed by atoms with E-state index in [0.29, 0.717) is 6.54 Å². The van der Waals surface area contributed by atoms with Crippen LogP contribution in [-0.2, 0) is 17.9 Å². The van der Waals surface area contributed by atoms with E-state index < -0.39 is 0 Å². The van der Waals surface area contributed by atoms with Gasteiger partial charge in [0.2, 0.25) is 5.91 Å². The van der Waals surface area contributed by atoms with E-state index >= 15 is 0 Å². The Morgan fingerprint density at radius 1 is 1.00 bits per heavy atom. The lowest BCUT2D eigenvalue weighted by Gasteiger charge is -2.17. The van der Waals surface area contributed by atoms with Crippen LogP contribution in [0.3, 0.4) is 0 Å². The van der Waals surface area contributed by atoms with Gasteiger partial charge in [0.25, 0.3) is 0 Å². The molecule has 0 aliphatic carbocycles. The Morgan fingerprint density at radius 3 is 2.21 bits per heavy atom. The molecule has 0 radical (unpaired) electrons. The van der Waals surface area contributed by atoms with Crippen LogP contribution in [0.1, 0.15) is 42.4 Å². The quantitative estimate of drug-likeness (QED) is 0.797. The smallest absolute Gasteiger partial charge is 0.227 e. The van der Waals surface area contributed by atoms with Crippen molar-refractivity contribution in [3.63, 3.8) is 0 Å². The summed E-state index contributed by atoms with van der Waals surface area (Å²) >= 11 is 0. The molecule has 0 spiro atoms. The minimum Gasteiger partial charge on any atom is -0.351 e. The number of nitrogens with one attached hydrogen (secondary N) is 1. The highest BCUT2D eigenvalue weighted by Gasteiger charge is 2.19. The van der Waals surface area contributed by atoms with Crippen molar-refractivity contribution in [2.75, 3.05) is 14.1 Å². The van der Waals surface area contributed by atoms with Crippen LogP contribution in [0, 0.1) is 0 Å². The number of benzene rings is 2. The molecule has 0 bridgehead atoms. The molecule has 3 heteroatoms. The molecule has 1 amide bonds. The summed E-state index contributed by atoms with van der Waals surface area (Å²) in [6, 6.07) is 18.5. The molecule has 0 fully saturated rings. The van der Waals surface area contributed by atoms with E-state index in [1.54, 1.807) is 0 Å². The zero-order chi connectivity index (χ0) is 17.4. The first-order valence-electron chi connectivity index (χ1n) is 8.65. The van der Waals surface area contributed by atoms with Crippen LogP contribution in [0.2, 0.25) is 0 Å². The zero-order valence-corrected chi connectivity index (χ0v) is 15.0. The molecule has 1 atom stereocenters. The topological polar surface area (TPSA) is 32.3 Å². The van der Waals surface area contributed by atoms with Gasteiger partial charge >= 0.3 is 0 Å². The molecule has 2 aromatic rings. The van der Waals surface area contributed by atoms with E-state index in [0.717, 1.165) is 30.5 Å². The van der Waals surface area contributed by atoms with Crippen LogP contribution in [-0.4, -0.2) is 24.9 Å². The third-order valence-corrected chi connectivity index (χ3v) is 4.08. The monoisotopic (exact) mass is 324 g/mol. The maximum Gasteiger partial charge on any atom is 0.227 e. The Bertz CT molecular complexity index is 620.